The number of halogens is 1. The minimum absolute atomic E-state index is 0.244. The summed E-state index contributed by atoms with van der Waals surface area (Å²) in [4.78, 5) is 6.87. The zero-order valence-corrected chi connectivity index (χ0v) is 16.2. The first kappa shape index (κ1) is 18.4. The van der Waals surface area contributed by atoms with Crippen LogP contribution in [0, 0.1) is 5.82 Å². The van der Waals surface area contributed by atoms with Gasteiger partial charge >= 0.3 is 0 Å². The van der Waals surface area contributed by atoms with Gasteiger partial charge in [-0.05, 0) is 66.5 Å². The summed E-state index contributed by atoms with van der Waals surface area (Å²) in [5, 5.41) is 6.76. The van der Waals surface area contributed by atoms with E-state index in [9.17, 15) is 4.39 Å². The molecule has 4 nitrogen and oxygen atoms in total. The highest BCUT2D eigenvalue weighted by molar-refractivity contribution is 7.80. The number of fused-ring (bicyclic) bond motifs is 1. The number of benzene rings is 2. The van der Waals surface area contributed by atoms with Gasteiger partial charge in [0.2, 0.25) is 0 Å². The highest BCUT2D eigenvalue weighted by Crippen LogP contribution is 2.32. The van der Waals surface area contributed by atoms with Crippen molar-refractivity contribution in [3.8, 4) is 0 Å². The first-order chi connectivity index (χ1) is 13.7. The van der Waals surface area contributed by atoms with E-state index in [1.54, 1.807) is 18.3 Å². The van der Waals surface area contributed by atoms with Gasteiger partial charge in [0, 0.05) is 18.8 Å². The third kappa shape index (κ3) is 4.28. The maximum atomic E-state index is 13.0. The summed E-state index contributed by atoms with van der Waals surface area (Å²) >= 11 is 5.34. The lowest BCUT2D eigenvalue weighted by Gasteiger charge is -2.30. The monoisotopic (exact) mass is 392 g/mol. The largest absolute Gasteiger partial charge is 0.358 e. The number of aromatic nitrogens is 1. The number of aryl methyl sites for hydroxylation is 1. The maximum absolute atomic E-state index is 13.0. The Bertz CT molecular complexity index is 957. The molecule has 0 saturated heterocycles. The minimum Gasteiger partial charge on any atom is -0.358 e. The summed E-state index contributed by atoms with van der Waals surface area (Å²) in [6.07, 6.45) is 4.02. The van der Waals surface area contributed by atoms with Crippen LogP contribution in [0.15, 0.2) is 66.9 Å². The molecule has 0 saturated carbocycles. The quantitative estimate of drug-likeness (QED) is 0.625. The maximum Gasteiger partial charge on any atom is 0.171 e. The molecule has 0 unspecified atom stereocenters. The molecular weight excluding hydrogens is 371 g/mol. The van der Waals surface area contributed by atoms with Crippen LogP contribution < -0.4 is 15.5 Å². The lowest BCUT2D eigenvalue weighted by Crippen LogP contribution is -2.28. The molecule has 0 bridgehead atoms. The number of para-hydroxylation sites is 1. The van der Waals surface area contributed by atoms with Gasteiger partial charge in [-0.1, -0.05) is 30.3 Å². The van der Waals surface area contributed by atoms with Crippen LogP contribution in [0.4, 0.5) is 21.6 Å². The standard InChI is InChI=1S/C22H21FN4S/c23-18-9-7-16(8-10-18)14-25-22(28)26-19-11-12-21(24-15-19)27-13-3-5-17-4-1-2-6-20(17)27/h1-2,4,6-12,15H,3,5,13-14H2,(H2,25,26,28). The SMILES string of the molecule is Fc1ccc(CNC(=S)Nc2ccc(N3CCCc4ccccc43)nc2)cc1. The number of anilines is 3. The van der Waals surface area contributed by atoms with Gasteiger partial charge in [-0.15, -0.1) is 0 Å². The molecule has 2 heterocycles. The molecule has 6 heteroatoms. The number of rotatable bonds is 4. The van der Waals surface area contributed by atoms with Crippen LogP contribution >= 0.6 is 12.2 Å². The Kier molecular flexibility index (Phi) is 5.48. The van der Waals surface area contributed by atoms with Crippen molar-refractivity contribution in [1.82, 2.24) is 10.3 Å². The number of pyridine rings is 1. The van der Waals surface area contributed by atoms with Crippen LogP contribution in [0.25, 0.3) is 0 Å². The van der Waals surface area contributed by atoms with E-state index in [4.69, 9.17) is 12.2 Å². The molecule has 28 heavy (non-hydrogen) atoms. The summed E-state index contributed by atoms with van der Waals surface area (Å²) < 4.78 is 13.0. The van der Waals surface area contributed by atoms with Gasteiger partial charge in [0.05, 0.1) is 11.9 Å². The Morgan fingerprint density at radius 2 is 1.89 bits per heavy atom. The normalized spacial score (nSPS) is 13.0. The Morgan fingerprint density at radius 3 is 2.68 bits per heavy atom. The molecule has 1 aliphatic heterocycles. The summed E-state index contributed by atoms with van der Waals surface area (Å²) in [5.74, 6) is 0.690. The van der Waals surface area contributed by atoms with Gasteiger partial charge < -0.3 is 15.5 Å². The zero-order valence-electron chi connectivity index (χ0n) is 15.4. The molecule has 3 aromatic rings. The highest BCUT2D eigenvalue weighted by Gasteiger charge is 2.18. The summed E-state index contributed by atoms with van der Waals surface area (Å²) in [6.45, 7) is 1.50. The van der Waals surface area contributed by atoms with Crippen LogP contribution in [0.5, 0.6) is 0 Å². The van der Waals surface area contributed by atoms with E-state index in [1.165, 1.54) is 23.4 Å². The smallest absolute Gasteiger partial charge is 0.171 e. The number of hydrogen-bond donors (Lipinski definition) is 2. The molecule has 0 radical (unpaired) electrons. The summed E-state index contributed by atoms with van der Waals surface area (Å²) in [5.41, 5.74) is 4.39. The van der Waals surface area contributed by atoms with Gasteiger partial charge in [0.25, 0.3) is 0 Å². The molecule has 0 amide bonds. The topological polar surface area (TPSA) is 40.2 Å². The molecule has 2 aromatic carbocycles. The van der Waals surface area contributed by atoms with Gasteiger partial charge in [0.15, 0.2) is 5.11 Å². The first-order valence-electron chi connectivity index (χ1n) is 9.30. The van der Waals surface area contributed by atoms with E-state index in [2.05, 4.69) is 44.8 Å². The molecule has 0 aliphatic carbocycles. The molecule has 0 spiro atoms. The molecule has 1 aliphatic rings. The Labute approximate surface area is 169 Å². The van der Waals surface area contributed by atoms with Gasteiger partial charge in [-0.2, -0.15) is 0 Å². The molecule has 4 rings (SSSR count). The average Bonchev–Trinajstić information content (AvgIpc) is 2.73. The van der Waals surface area contributed by atoms with Gasteiger partial charge in [-0.25, -0.2) is 9.37 Å². The van der Waals surface area contributed by atoms with Crippen molar-refractivity contribution in [3.05, 3.63) is 83.8 Å². The highest BCUT2D eigenvalue weighted by atomic mass is 32.1. The van der Waals surface area contributed by atoms with E-state index in [-0.39, 0.29) is 5.82 Å². The molecule has 1 aromatic heterocycles. The third-order valence-corrected chi connectivity index (χ3v) is 5.01. The fourth-order valence-electron chi connectivity index (χ4n) is 3.35. The van der Waals surface area contributed by atoms with E-state index < -0.39 is 0 Å². The summed E-state index contributed by atoms with van der Waals surface area (Å²) in [7, 11) is 0. The van der Waals surface area contributed by atoms with Crippen molar-refractivity contribution in [2.24, 2.45) is 0 Å². The van der Waals surface area contributed by atoms with Crippen LogP contribution in [-0.4, -0.2) is 16.6 Å². The second-order valence-electron chi connectivity index (χ2n) is 6.72. The van der Waals surface area contributed by atoms with Crippen molar-refractivity contribution in [3.63, 3.8) is 0 Å². The predicted octanol–water partition coefficient (Wildman–Crippen LogP) is 4.79. The summed E-state index contributed by atoms with van der Waals surface area (Å²) in [6, 6.07) is 18.8. The van der Waals surface area contributed by atoms with Crippen molar-refractivity contribution in [2.75, 3.05) is 16.8 Å². The molecule has 0 fully saturated rings. The molecule has 2 N–H and O–H groups in total. The van der Waals surface area contributed by atoms with E-state index in [0.29, 0.717) is 11.7 Å². The second kappa shape index (κ2) is 8.35. The molecule has 0 atom stereocenters. The Hall–Kier alpha value is -2.99. The fraction of sp³-hybridized carbons (Fsp3) is 0.182. The lowest BCUT2D eigenvalue weighted by molar-refractivity contribution is 0.627. The Balaban J connectivity index is 1.37. The third-order valence-electron chi connectivity index (χ3n) is 4.76. The second-order valence-corrected chi connectivity index (χ2v) is 7.13. The number of thiocarbonyl (C=S) groups is 1. The van der Waals surface area contributed by atoms with Crippen LogP contribution in [0.3, 0.4) is 0 Å². The van der Waals surface area contributed by atoms with Crippen LogP contribution in [0.1, 0.15) is 17.5 Å². The van der Waals surface area contributed by atoms with Crippen LogP contribution in [0.2, 0.25) is 0 Å². The van der Waals surface area contributed by atoms with E-state index in [1.807, 2.05) is 12.1 Å². The zero-order chi connectivity index (χ0) is 19.3. The van der Waals surface area contributed by atoms with Crippen molar-refractivity contribution >= 4 is 34.5 Å². The number of hydrogen-bond acceptors (Lipinski definition) is 3. The number of nitrogens with one attached hydrogen (secondary N) is 2. The minimum atomic E-state index is -0.244. The van der Waals surface area contributed by atoms with Gasteiger partial charge in [0.1, 0.15) is 11.6 Å². The molecule has 142 valence electrons. The van der Waals surface area contributed by atoms with Gasteiger partial charge in [-0.3, -0.25) is 0 Å². The first-order valence-corrected chi connectivity index (χ1v) is 9.71. The van der Waals surface area contributed by atoms with Crippen molar-refractivity contribution in [1.29, 1.82) is 0 Å². The van der Waals surface area contributed by atoms with E-state index >= 15 is 0 Å². The number of nitrogens with zero attached hydrogens (tertiary/aromatic N) is 2. The lowest BCUT2D eigenvalue weighted by atomic mass is 10.0. The van der Waals surface area contributed by atoms with E-state index in [0.717, 1.165) is 36.5 Å². The van der Waals surface area contributed by atoms with Crippen LogP contribution in [-0.2, 0) is 13.0 Å². The van der Waals surface area contributed by atoms with Crippen molar-refractivity contribution in [2.45, 2.75) is 19.4 Å². The molecular formula is C22H21FN4S. The van der Waals surface area contributed by atoms with Crippen molar-refractivity contribution < 1.29 is 4.39 Å². The average molecular weight is 393 g/mol. The predicted molar refractivity (Wildman–Crippen MR) is 115 cm³/mol. The fourth-order valence-corrected chi connectivity index (χ4v) is 3.54. The Morgan fingerprint density at radius 1 is 1.07 bits per heavy atom.